The molecule has 5 nitrogen and oxygen atoms in total. The average Bonchev–Trinajstić information content (AvgIpc) is 3.09. The van der Waals surface area contributed by atoms with Crippen molar-refractivity contribution in [3.63, 3.8) is 0 Å². The van der Waals surface area contributed by atoms with Gasteiger partial charge in [-0.1, -0.05) is 17.7 Å². The van der Waals surface area contributed by atoms with Gasteiger partial charge < -0.3 is 15.1 Å². The molecule has 30 heavy (non-hydrogen) atoms. The summed E-state index contributed by atoms with van der Waals surface area (Å²) in [6, 6.07) is 9.27. The van der Waals surface area contributed by atoms with Crippen LogP contribution in [0, 0.1) is 18.7 Å². The lowest BCUT2D eigenvalue weighted by Gasteiger charge is -2.37. The number of carbonyl (C=O) groups is 1. The number of aliphatic hydroxyl groups excluding tert-OH is 1. The van der Waals surface area contributed by atoms with Gasteiger partial charge in [-0.15, -0.1) is 0 Å². The number of aliphatic carboxylic acids is 1. The van der Waals surface area contributed by atoms with Gasteiger partial charge in [0.05, 0.1) is 18.6 Å². The molecule has 2 aliphatic rings. The van der Waals surface area contributed by atoms with Crippen molar-refractivity contribution in [2.24, 2.45) is 5.92 Å². The summed E-state index contributed by atoms with van der Waals surface area (Å²) in [6.07, 6.45) is 1.60. The fraction of sp³-hybridized carbons (Fsp3) is 0.435. The number of anilines is 1. The second-order valence-electron chi connectivity index (χ2n) is 8.23. The fourth-order valence-electron chi connectivity index (χ4n) is 4.68. The molecule has 0 bridgehead atoms. The third kappa shape index (κ3) is 3.92. The minimum absolute atomic E-state index is 0.0198. The molecule has 0 spiro atoms. The van der Waals surface area contributed by atoms with Gasteiger partial charge in [0.1, 0.15) is 5.82 Å². The van der Waals surface area contributed by atoms with Crippen LogP contribution in [-0.4, -0.2) is 47.3 Å². The van der Waals surface area contributed by atoms with Crippen molar-refractivity contribution in [3.8, 4) is 0 Å². The van der Waals surface area contributed by atoms with Crippen molar-refractivity contribution in [2.75, 3.05) is 31.1 Å². The summed E-state index contributed by atoms with van der Waals surface area (Å²) < 4.78 is 14.7. The minimum atomic E-state index is -0.789. The van der Waals surface area contributed by atoms with Gasteiger partial charge >= 0.3 is 5.97 Å². The van der Waals surface area contributed by atoms with Crippen LogP contribution in [0.3, 0.4) is 0 Å². The molecule has 2 aromatic rings. The first-order valence-corrected chi connectivity index (χ1v) is 10.7. The summed E-state index contributed by atoms with van der Waals surface area (Å²) in [5, 5.41) is 19.5. The molecule has 1 atom stereocenters. The monoisotopic (exact) mass is 432 g/mol. The molecular formula is C23H26ClFN2O3. The molecule has 2 aromatic carbocycles. The Balaban J connectivity index is 1.61. The van der Waals surface area contributed by atoms with Crippen molar-refractivity contribution in [3.05, 3.63) is 63.4 Å². The van der Waals surface area contributed by atoms with Crippen molar-refractivity contribution in [1.29, 1.82) is 0 Å². The molecule has 0 radical (unpaired) electrons. The Kier molecular flexibility index (Phi) is 6.00. The Morgan fingerprint density at radius 3 is 2.73 bits per heavy atom. The summed E-state index contributed by atoms with van der Waals surface area (Å²) in [5.74, 6) is -1.38. The zero-order valence-electron chi connectivity index (χ0n) is 16.9. The molecule has 1 aliphatic carbocycles. The Labute approximate surface area is 180 Å². The largest absolute Gasteiger partial charge is 0.481 e. The standard InChI is InChI=1S/C23H26ClFN2O3/c1-14-10-16(2-5-20(14)24)27(8-9-28)22-7-4-17-18(22)3-6-21(25)19(17)13-26-11-15(12-26)23(29)30/h2-3,5-6,10,15,22,28H,4,7-9,11-13H2,1H3,(H,29,30). The minimum Gasteiger partial charge on any atom is -0.481 e. The lowest BCUT2D eigenvalue weighted by molar-refractivity contribution is -0.147. The SMILES string of the molecule is Cc1cc(N(CCO)C2CCc3c2ccc(F)c3CN2CC(C(=O)O)C2)ccc1Cl. The van der Waals surface area contributed by atoms with E-state index >= 15 is 0 Å². The van der Waals surface area contributed by atoms with Crippen LogP contribution in [0.25, 0.3) is 0 Å². The number of hydrogen-bond donors (Lipinski definition) is 2. The number of nitrogens with zero attached hydrogens (tertiary/aromatic N) is 2. The van der Waals surface area contributed by atoms with E-state index in [2.05, 4.69) is 4.90 Å². The number of likely N-dealkylation sites (tertiary alicyclic amines) is 1. The van der Waals surface area contributed by atoms with Crippen LogP contribution in [-0.2, 0) is 17.8 Å². The lowest BCUT2D eigenvalue weighted by Crippen LogP contribution is -2.49. The summed E-state index contributed by atoms with van der Waals surface area (Å²) in [5.41, 5.74) is 4.74. The first kappa shape index (κ1) is 21.1. The van der Waals surface area contributed by atoms with Gasteiger partial charge in [0.25, 0.3) is 0 Å². The second kappa shape index (κ2) is 8.53. The maximum absolute atomic E-state index is 14.7. The predicted molar refractivity (Wildman–Crippen MR) is 114 cm³/mol. The molecular weight excluding hydrogens is 407 g/mol. The summed E-state index contributed by atoms with van der Waals surface area (Å²) in [6.45, 7) is 3.81. The number of carboxylic acid groups (broad SMARTS) is 1. The van der Waals surface area contributed by atoms with Gasteiger partial charge in [-0.05, 0) is 60.7 Å². The van der Waals surface area contributed by atoms with Crippen LogP contribution in [0.1, 0.15) is 34.7 Å². The van der Waals surface area contributed by atoms with E-state index in [0.29, 0.717) is 36.8 Å². The predicted octanol–water partition coefficient (Wildman–Crippen LogP) is 3.79. The van der Waals surface area contributed by atoms with Crippen LogP contribution in [0.4, 0.5) is 10.1 Å². The zero-order valence-corrected chi connectivity index (χ0v) is 17.7. The van der Waals surface area contributed by atoms with E-state index in [4.69, 9.17) is 16.7 Å². The van der Waals surface area contributed by atoms with Crippen LogP contribution in [0.2, 0.25) is 5.02 Å². The molecule has 4 rings (SSSR count). The van der Waals surface area contributed by atoms with Gasteiger partial charge in [-0.2, -0.15) is 0 Å². The third-order valence-electron chi connectivity index (χ3n) is 6.32. The van der Waals surface area contributed by atoms with Crippen LogP contribution in [0.15, 0.2) is 30.3 Å². The van der Waals surface area contributed by atoms with Crippen molar-refractivity contribution >= 4 is 23.3 Å². The van der Waals surface area contributed by atoms with E-state index in [9.17, 15) is 14.3 Å². The quantitative estimate of drug-likeness (QED) is 0.697. The van der Waals surface area contributed by atoms with Gasteiger partial charge in [-0.3, -0.25) is 9.69 Å². The highest BCUT2D eigenvalue weighted by Crippen LogP contribution is 2.41. The molecule has 1 saturated heterocycles. The first-order valence-electron chi connectivity index (χ1n) is 10.3. The molecule has 7 heteroatoms. The average molecular weight is 433 g/mol. The number of aryl methyl sites for hydroxylation is 1. The molecule has 0 aromatic heterocycles. The topological polar surface area (TPSA) is 64.0 Å². The number of aliphatic hydroxyl groups is 1. The van der Waals surface area contributed by atoms with Crippen LogP contribution < -0.4 is 4.90 Å². The van der Waals surface area contributed by atoms with Gasteiger partial charge in [-0.25, -0.2) is 4.39 Å². The van der Waals surface area contributed by atoms with E-state index in [1.165, 1.54) is 6.07 Å². The van der Waals surface area contributed by atoms with Crippen LogP contribution >= 0.6 is 11.6 Å². The maximum atomic E-state index is 14.7. The van der Waals surface area contributed by atoms with Gasteiger partial charge in [0.15, 0.2) is 0 Å². The molecule has 1 heterocycles. The highest BCUT2D eigenvalue weighted by molar-refractivity contribution is 6.31. The summed E-state index contributed by atoms with van der Waals surface area (Å²) >= 11 is 6.19. The van der Waals surface area contributed by atoms with Crippen molar-refractivity contribution in [1.82, 2.24) is 4.90 Å². The van der Waals surface area contributed by atoms with E-state index in [0.717, 1.165) is 35.2 Å². The van der Waals surface area contributed by atoms with Crippen molar-refractivity contribution in [2.45, 2.75) is 32.4 Å². The Hall–Kier alpha value is -2.15. The Morgan fingerprint density at radius 1 is 1.30 bits per heavy atom. The number of carboxylic acids is 1. The van der Waals surface area contributed by atoms with E-state index in [1.807, 2.05) is 36.1 Å². The lowest BCUT2D eigenvalue weighted by atomic mass is 9.96. The number of fused-ring (bicyclic) bond motifs is 1. The van der Waals surface area contributed by atoms with E-state index in [-0.39, 0.29) is 24.4 Å². The number of rotatable bonds is 7. The number of hydrogen-bond acceptors (Lipinski definition) is 4. The first-order chi connectivity index (χ1) is 14.4. The molecule has 1 unspecified atom stereocenters. The van der Waals surface area contributed by atoms with Gasteiger partial charge in [0, 0.05) is 42.5 Å². The molecule has 160 valence electrons. The third-order valence-corrected chi connectivity index (χ3v) is 6.74. The van der Waals surface area contributed by atoms with Crippen LogP contribution in [0.5, 0.6) is 0 Å². The maximum Gasteiger partial charge on any atom is 0.309 e. The second-order valence-corrected chi connectivity index (χ2v) is 8.64. The molecule has 1 fully saturated rings. The van der Waals surface area contributed by atoms with Gasteiger partial charge in [0.2, 0.25) is 0 Å². The smallest absolute Gasteiger partial charge is 0.309 e. The fourth-order valence-corrected chi connectivity index (χ4v) is 4.80. The zero-order chi connectivity index (χ0) is 21.4. The molecule has 1 aliphatic heterocycles. The number of benzene rings is 2. The molecule has 2 N–H and O–H groups in total. The van der Waals surface area contributed by atoms with E-state index < -0.39 is 5.97 Å². The number of halogens is 2. The van der Waals surface area contributed by atoms with Crippen molar-refractivity contribution < 1.29 is 19.4 Å². The Morgan fingerprint density at radius 2 is 2.07 bits per heavy atom. The molecule has 0 saturated carbocycles. The Bertz CT molecular complexity index is 962. The molecule has 0 amide bonds. The highest BCUT2D eigenvalue weighted by atomic mass is 35.5. The summed E-state index contributed by atoms with van der Waals surface area (Å²) in [4.78, 5) is 15.2. The summed E-state index contributed by atoms with van der Waals surface area (Å²) in [7, 11) is 0. The van der Waals surface area contributed by atoms with E-state index in [1.54, 1.807) is 0 Å². The highest BCUT2D eigenvalue weighted by Gasteiger charge is 2.35. The normalized spacial score (nSPS) is 18.9.